The first-order valence-corrected chi connectivity index (χ1v) is 7.17. The van der Waals surface area contributed by atoms with Crippen molar-refractivity contribution in [3.8, 4) is 0 Å². The second-order valence-corrected chi connectivity index (χ2v) is 5.82. The highest BCUT2D eigenvalue weighted by atomic mass is 16.5. The average Bonchev–Trinajstić information content (AvgIpc) is 3.17. The van der Waals surface area contributed by atoms with Crippen molar-refractivity contribution in [2.24, 2.45) is 5.92 Å². The fourth-order valence-electron chi connectivity index (χ4n) is 2.57. The van der Waals surface area contributed by atoms with E-state index in [1.54, 1.807) is 13.8 Å². The third kappa shape index (κ3) is 2.33. The number of aliphatic carboxylic acids is 1. The Morgan fingerprint density at radius 3 is 2.52 bits per heavy atom. The quantitative estimate of drug-likeness (QED) is 0.914. The van der Waals surface area contributed by atoms with Gasteiger partial charge in [-0.05, 0) is 18.4 Å². The van der Waals surface area contributed by atoms with Crippen LogP contribution in [0.5, 0.6) is 0 Å². The molecular formula is C16H18N2O3. The minimum absolute atomic E-state index is 0.144. The van der Waals surface area contributed by atoms with Crippen molar-refractivity contribution in [1.82, 2.24) is 10.1 Å². The Kier molecular flexibility index (Phi) is 3.27. The predicted molar refractivity (Wildman–Crippen MR) is 76.0 cm³/mol. The van der Waals surface area contributed by atoms with Crippen molar-refractivity contribution in [3.05, 3.63) is 47.6 Å². The predicted octanol–water partition coefficient (Wildman–Crippen LogP) is 2.97. The molecule has 0 spiro atoms. The fourth-order valence-corrected chi connectivity index (χ4v) is 2.57. The van der Waals surface area contributed by atoms with E-state index in [0.717, 1.165) is 12.8 Å². The highest BCUT2D eigenvalue weighted by Gasteiger charge is 2.50. The maximum atomic E-state index is 11.1. The summed E-state index contributed by atoms with van der Waals surface area (Å²) >= 11 is 0. The van der Waals surface area contributed by atoms with Gasteiger partial charge in [0.1, 0.15) is 0 Å². The molecule has 1 aliphatic rings. The molecule has 1 saturated carbocycles. The maximum absolute atomic E-state index is 11.1. The van der Waals surface area contributed by atoms with Crippen LogP contribution in [-0.2, 0) is 10.2 Å². The smallest absolute Gasteiger partial charge is 0.307 e. The highest BCUT2D eigenvalue weighted by molar-refractivity contribution is 5.70. The number of carboxylic acids is 1. The van der Waals surface area contributed by atoms with E-state index in [-0.39, 0.29) is 11.3 Å². The van der Waals surface area contributed by atoms with Crippen LogP contribution >= 0.6 is 0 Å². The van der Waals surface area contributed by atoms with Gasteiger partial charge in [0.25, 0.3) is 0 Å². The number of carbonyl (C=O) groups is 1. The second kappa shape index (κ2) is 4.98. The number of hydrogen-bond donors (Lipinski definition) is 1. The van der Waals surface area contributed by atoms with E-state index in [2.05, 4.69) is 22.3 Å². The molecule has 1 heterocycles. The highest BCUT2D eigenvalue weighted by Crippen LogP contribution is 2.52. The lowest BCUT2D eigenvalue weighted by Gasteiger charge is -2.11. The maximum Gasteiger partial charge on any atom is 0.307 e. The largest absolute Gasteiger partial charge is 0.481 e. The van der Waals surface area contributed by atoms with E-state index in [4.69, 9.17) is 9.63 Å². The van der Waals surface area contributed by atoms with Gasteiger partial charge < -0.3 is 9.63 Å². The molecule has 0 saturated heterocycles. The summed E-state index contributed by atoms with van der Waals surface area (Å²) in [4.78, 5) is 15.5. The zero-order valence-corrected chi connectivity index (χ0v) is 12.1. The Hall–Kier alpha value is -2.17. The first-order chi connectivity index (χ1) is 10.0. The van der Waals surface area contributed by atoms with Crippen molar-refractivity contribution >= 4 is 5.97 Å². The molecule has 1 fully saturated rings. The SMILES string of the molecule is CC(C(=O)O)C(C)c1nc(C2(c3ccccc3)CC2)no1. The van der Waals surface area contributed by atoms with E-state index < -0.39 is 11.9 Å². The van der Waals surface area contributed by atoms with Crippen LogP contribution in [0.4, 0.5) is 0 Å². The molecule has 0 radical (unpaired) electrons. The standard InChI is InChI=1S/C16H18N2O3/c1-10(11(2)14(19)20)13-17-15(18-21-13)16(8-9-16)12-6-4-3-5-7-12/h3-7,10-11H,8-9H2,1-2H3,(H,19,20). The third-order valence-corrected chi connectivity index (χ3v) is 4.48. The fraction of sp³-hybridized carbons (Fsp3) is 0.438. The van der Waals surface area contributed by atoms with E-state index in [9.17, 15) is 4.79 Å². The van der Waals surface area contributed by atoms with E-state index in [1.165, 1.54) is 5.56 Å². The Morgan fingerprint density at radius 2 is 1.95 bits per heavy atom. The van der Waals surface area contributed by atoms with Gasteiger partial charge in [-0.3, -0.25) is 4.79 Å². The Balaban J connectivity index is 1.88. The summed E-state index contributed by atoms with van der Waals surface area (Å²) in [5.41, 5.74) is 1.05. The molecule has 1 N–H and O–H groups in total. The molecule has 2 unspecified atom stereocenters. The zero-order chi connectivity index (χ0) is 15.0. The molecule has 3 rings (SSSR count). The molecule has 5 nitrogen and oxygen atoms in total. The molecule has 110 valence electrons. The molecule has 2 atom stereocenters. The van der Waals surface area contributed by atoms with Crippen LogP contribution in [0.1, 0.15) is 49.9 Å². The van der Waals surface area contributed by atoms with Crippen LogP contribution < -0.4 is 0 Å². The normalized spacial score (nSPS) is 19.0. The lowest BCUT2D eigenvalue weighted by atomic mass is 9.94. The Bertz CT molecular complexity index is 647. The lowest BCUT2D eigenvalue weighted by Crippen LogP contribution is -2.17. The van der Waals surface area contributed by atoms with Crippen molar-refractivity contribution in [2.45, 2.75) is 38.0 Å². The molecule has 0 amide bonds. The monoisotopic (exact) mass is 286 g/mol. The summed E-state index contributed by atoms with van der Waals surface area (Å²) in [5, 5.41) is 13.2. The number of rotatable bonds is 5. The van der Waals surface area contributed by atoms with E-state index >= 15 is 0 Å². The van der Waals surface area contributed by atoms with Crippen LogP contribution in [0, 0.1) is 5.92 Å². The third-order valence-electron chi connectivity index (χ3n) is 4.48. The minimum Gasteiger partial charge on any atom is -0.481 e. The van der Waals surface area contributed by atoms with Crippen LogP contribution in [-0.4, -0.2) is 21.2 Å². The first-order valence-electron chi connectivity index (χ1n) is 7.17. The average molecular weight is 286 g/mol. The van der Waals surface area contributed by atoms with Gasteiger partial charge in [-0.1, -0.05) is 49.3 Å². The molecule has 1 aliphatic carbocycles. The van der Waals surface area contributed by atoms with Gasteiger partial charge in [-0.25, -0.2) is 0 Å². The summed E-state index contributed by atoms with van der Waals surface area (Å²) < 4.78 is 5.32. The van der Waals surface area contributed by atoms with Crippen molar-refractivity contribution in [1.29, 1.82) is 0 Å². The molecular weight excluding hydrogens is 268 g/mol. The van der Waals surface area contributed by atoms with Crippen molar-refractivity contribution < 1.29 is 14.4 Å². The summed E-state index contributed by atoms with van der Waals surface area (Å²) in [6.07, 6.45) is 2.00. The van der Waals surface area contributed by atoms with Gasteiger partial charge in [0, 0.05) is 5.92 Å². The molecule has 5 heteroatoms. The molecule has 21 heavy (non-hydrogen) atoms. The Morgan fingerprint density at radius 1 is 1.29 bits per heavy atom. The van der Waals surface area contributed by atoms with Crippen LogP contribution in [0.25, 0.3) is 0 Å². The topological polar surface area (TPSA) is 76.2 Å². The second-order valence-electron chi connectivity index (χ2n) is 5.82. The number of benzene rings is 1. The molecule has 1 aromatic carbocycles. The van der Waals surface area contributed by atoms with Gasteiger partial charge in [0.2, 0.25) is 5.89 Å². The number of nitrogens with zero attached hydrogens (tertiary/aromatic N) is 2. The van der Waals surface area contributed by atoms with Crippen LogP contribution in [0.3, 0.4) is 0 Å². The van der Waals surface area contributed by atoms with Crippen molar-refractivity contribution in [3.63, 3.8) is 0 Å². The van der Waals surface area contributed by atoms with Gasteiger partial charge >= 0.3 is 5.97 Å². The summed E-state index contributed by atoms with van der Waals surface area (Å²) in [6.45, 7) is 3.46. The van der Waals surface area contributed by atoms with Gasteiger partial charge in [-0.15, -0.1) is 0 Å². The van der Waals surface area contributed by atoms with Crippen LogP contribution in [0.15, 0.2) is 34.9 Å². The number of carboxylic acid groups (broad SMARTS) is 1. The van der Waals surface area contributed by atoms with E-state index in [0.29, 0.717) is 11.7 Å². The molecule has 0 bridgehead atoms. The van der Waals surface area contributed by atoms with Gasteiger partial charge in [-0.2, -0.15) is 4.98 Å². The molecule has 1 aromatic heterocycles. The first kappa shape index (κ1) is 13.8. The number of hydrogen-bond acceptors (Lipinski definition) is 4. The zero-order valence-electron chi connectivity index (χ0n) is 12.1. The van der Waals surface area contributed by atoms with Crippen molar-refractivity contribution in [2.75, 3.05) is 0 Å². The van der Waals surface area contributed by atoms with E-state index in [1.807, 2.05) is 18.2 Å². The molecule has 2 aromatic rings. The van der Waals surface area contributed by atoms with Crippen LogP contribution in [0.2, 0.25) is 0 Å². The van der Waals surface area contributed by atoms with Gasteiger partial charge in [0.05, 0.1) is 11.3 Å². The minimum atomic E-state index is -0.855. The Labute approximate surface area is 123 Å². The summed E-state index contributed by atoms with van der Waals surface area (Å²) in [6, 6.07) is 10.1. The number of aromatic nitrogens is 2. The summed E-state index contributed by atoms with van der Waals surface area (Å²) in [7, 11) is 0. The lowest BCUT2D eigenvalue weighted by molar-refractivity contribution is -0.141. The molecule has 0 aliphatic heterocycles. The van der Waals surface area contributed by atoms with Gasteiger partial charge in [0.15, 0.2) is 5.82 Å². The summed E-state index contributed by atoms with van der Waals surface area (Å²) in [5.74, 6) is -0.623.